The van der Waals surface area contributed by atoms with Crippen LogP contribution < -0.4 is 5.32 Å². The zero-order valence-electron chi connectivity index (χ0n) is 15.2. The first kappa shape index (κ1) is 19.2. The van der Waals surface area contributed by atoms with Gasteiger partial charge in [0.25, 0.3) is 5.91 Å². The van der Waals surface area contributed by atoms with Crippen LogP contribution in [-0.4, -0.2) is 30.2 Å². The van der Waals surface area contributed by atoms with Crippen molar-refractivity contribution >= 4 is 43.0 Å². The first-order valence-electron chi connectivity index (χ1n) is 8.70. The number of carbonyl (C=O) groups excluding carboxylic acids is 1. The maximum atomic E-state index is 12.5. The number of hydrogen-bond donors (Lipinski definition) is 2. The van der Waals surface area contributed by atoms with E-state index >= 15 is 0 Å². The number of para-hydroxylation sites is 1. The number of anilines is 1. The number of sulfone groups is 1. The molecule has 0 bridgehead atoms. The van der Waals surface area contributed by atoms with E-state index in [1.807, 2.05) is 24.3 Å². The molecule has 1 amide bonds. The molecule has 0 spiro atoms. The summed E-state index contributed by atoms with van der Waals surface area (Å²) in [4.78, 5) is 17.0. The number of rotatable bonds is 5. The van der Waals surface area contributed by atoms with Crippen LogP contribution in [0.3, 0.4) is 0 Å². The number of thiazole rings is 1. The number of aromatic nitrogens is 1. The Kier molecular flexibility index (Phi) is 4.85. The number of amides is 1. The SMILES string of the molecule is CCS(=O)(=O)c1ccc(O)c(NC(=O)c2ccc(-c3nc4ccccc4s3)o2)c1. The first-order chi connectivity index (χ1) is 13.9. The summed E-state index contributed by atoms with van der Waals surface area (Å²) in [5.41, 5.74) is 0.830. The summed E-state index contributed by atoms with van der Waals surface area (Å²) in [6, 6.07) is 14.6. The molecule has 0 radical (unpaired) electrons. The highest BCUT2D eigenvalue weighted by Crippen LogP contribution is 2.32. The average Bonchev–Trinajstić information content (AvgIpc) is 3.36. The van der Waals surface area contributed by atoms with Gasteiger partial charge >= 0.3 is 0 Å². The van der Waals surface area contributed by atoms with E-state index in [1.54, 1.807) is 6.07 Å². The van der Waals surface area contributed by atoms with Crippen molar-refractivity contribution in [1.82, 2.24) is 4.98 Å². The zero-order valence-corrected chi connectivity index (χ0v) is 16.9. The Labute approximate surface area is 170 Å². The van der Waals surface area contributed by atoms with Crippen molar-refractivity contribution in [3.05, 3.63) is 60.4 Å². The first-order valence-corrected chi connectivity index (χ1v) is 11.2. The van der Waals surface area contributed by atoms with Crippen LogP contribution in [0.25, 0.3) is 21.0 Å². The van der Waals surface area contributed by atoms with Crippen LogP contribution >= 0.6 is 11.3 Å². The monoisotopic (exact) mass is 428 g/mol. The molecule has 148 valence electrons. The van der Waals surface area contributed by atoms with Gasteiger partial charge in [-0.25, -0.2) is 13.4 Å². The standard InChI is InChI=1S/C20H16N2O5S2/c1-2-29(25,26)12-7-8-15(23)14(11-12)21-19(24)16-9-10-17(27-16)20-22-13-5-3-4-6-18(13)28-20/h3-11,23H,2H2,1H3,(H,21,24). The lowest BCUT2D eigenvalue weighted by Gasteiger charge is -2.08. The van der Waals surface area contributed by atoms with E-state index in [2.05, 4.69) is 10.3 Å². The van der Waals surface area contributed by atoms with Gasteiger partial charge in [-0.3, -0.25) is 4.79 Å². The third-order valence-corrected chi connectivity index (χ3v) is 7.07. The van der Waals surface area contributed by atoms with E-state index in [0.717, 1.165) is 10.2 Å². The number of carbonyl (C=O) groups is 1. The van der Waals surface area contributed by atoms with Crippen LogP contribution in [0.5, 0.6) is 5.75 Å². The number of furan rings is 1. The van der Waals surface area contributed by atoms with Crippen LogP contribution in [-0.2, 0) is 9.84 Å². The Balaban J connectivity index is 1.59. The largest absolute Gasteiger partial charge is 0.506 e. The van der Waals surface area contributed by atoms with Gasteiger partial charge in [-0.05, 0) is 42.5 Å². The molecule has 0 saturated carbocycles. The molecule has 4 rings (SSSR count). The number of aromatic hydroxyl groups is 1. The molecule has 2 aromatic carbocycles. The van der Waals surface area contributed by atoms with Crippen molar-refractivity contribution in [2.75, 3.05) is 11.1 Å². The maximum Gasteiger partial charge on any atom is 0.291 e. The molecule has 0 aliphatic carbocycles. The molecule has 2 N–H and O–H groups in total. The van der Waals surface area contributed by atoms with Gasteiger partial charge in [-0.1, -0.05) is 19.1 Å². The Hall–Kier alpha value is -3.17. The number of benzene rings is 2. The minimum atomic E-state index is -3.48. The fourth-order valence-corrected chi connectivity index (χ4v) is 4.55. The quantitative estimate of drug-likeness (QED) is 0.459. The molecule has 0 aliphatic heterocycles. The number of phenolic OH excluding ortho intramolecular Hbond substituents is 1. The smallest absolute Gasteiger partial charge is 0.291 e. The summed E-state index contributed by atoms with van der Waals surface area (Å²) >= 11 is 1.45. The lowest BCUT2D eigenvalue weighted by Crippen LogP contribution is -2.12. The van der Waals surface area contributed by atoms with Crippen LogP contribution in [0, 0.1) is 0 Å². The Morgan fingerprint density at radius 2 is 1.97 bits per heavy atom. The molecule has 0 aliphatic rings. The highest BCUT2D eigenvalue weighted by Gasteiger charge is 2.18. The van der Waals surface area contributed by atoms with Gasteiger partial charge in [-0.15, -0.1) is 11.3 Å². The fraction of sp³-hybridized carbons (Fsp3) is 0.100. The molecule has 0 unspecified atom stereocenters. The van der Waals surface area contributed by atoms with Crippen molar-refractivity contribution < 1.29 is 22.7 Å². The van der Waals surface area contributed by atoms with Gasteiger partial charge in [0.1, 0.15) is 5.75 Å². The summed E-state index contributed by atoms with van der Waals surface area (Å²) in [6.45, 7) is 1.52. The zero-order chi connectivity index (χ0) is 20.6. The van der Waals surface area contributed by atoms with Gasteiger partial charge in [0.2, 0.25) is 0 Å². The van der Waals surface area contributed by atoms with E-state index in [-0.39, 0.29) is 27.8 Å². The molecule has 0 fully saturated rings. The summed E-state index contributed by atoms with van der Waals surface area (Å²) in [5, 5.41) is 13.1. The minimum Gasteiger partial charge on any atom is -0.506 e. The summed E-state index contributed by atoms with van der Waals surface area (Å²) in [7, 11) is -3.48. The molecule has 4 aromatic rings. The maximum absolute atomic E-state index is 12.5. The summed E-state index contributed by atoms with van der Waals surface area (Å²) < 4.78 is 30.7. The second kappa shape index (κ2) is 7.34. The number of fused-ring (bicyclic) bond motifs is 1. The van der Waals surface area contributed by atoms with Gasteiger partial charge in [-0.2, -0.15) is 0 Å². The van der Waals surface area contributed by atoms with E-state index in [0.29, 0.717) is 10.8 Å². The van der Waals surface area contributed by atoms with Crippen molar-refractivity contribution in [1.29, 1.82) is 0 Å². The number of phenols is 1. The molecule has 29 heavy (non-hydrogen) atoms. The van der Waals surface area contributed by atoms with Crippen molar-refractivity contribution in [2.24, 2.45) is 0 Å². The lowest BCUT2D eigenvalue weighted by atomic mass is 10.3. The molecule has 2 heterocycles. The molecule has 9 heteroatoms. The Morgan fingerprint density at radius 1 is 1.17 bits per heavy atom. The minimum absolute atomic E-state index is 0.0116. The lowest BCUT2D eigenvalue weighted by molar-refractivity contribution is 0.0997. The van der Waals surface area contributed by atoms with Crippen LogP contribution in [0.15, 0.2) is 63.9 Å². The Bertz CT molecular complexity index is 1290. The van der Waals surface area contributed by atoms with E-state index in [4.69, 9.17) is 4.42 Å². The second-order valence-electron chi connectivity index (χ2n) is 6.19. The van der Waals surface area contributed by atoms with E-state index < -0.39 is 15.7 Å². The molecular weight excluding hydrogens is 412 g/mol. The molecule has 0 atom stereocenters. The summed E-state index contributed by atoms with van der Waals surface area (Å²) in [6.07, 6.45) is 0. The predicted molar refractivity (Wildman–Crippen MR) is 111 cm³/mol. The second-order valence-corrected chi connectivity index (χ2v) is 9.50. The van der Waals surface area contributed by atoms with Crippen LogP contribution in [0.1, 0.15) is 17.5 Å². The number of nitrogens with one attached hydrogen (secondary N) is 1. The molecule has 0 saturated heterocycles. The number of nitrogens with zero attached hydrogens (tertiary/aromatic N) is 1. The van der Waals surface area contributed by atoms with Crippen LogP contribution in [0.4, 0.5) is 5.69 Å². The van der Waals surface area contributed by atoms with Crippen molar-refractivity contribution in [2.45, 2.75) is 11.8 Å². The fourth-order valence-electron chi connectivity index (χ4n) is 2.71. The van der Waals surface area contributed by atoms with E-state index in [9.17, 15) is 18.3 Å². The number of hydrogen-bond acceptors (Lipinski definition) is 7. The van der Waals surface area contributed by atoms with Crippen molar-refractivity contribution in [3.63, 3.8) is 0 Å². The van der Waals surface area contributed by atoms with Gasteiger partial charge in [0.15, 0.2) is 26.4 Å². The third kappa shape index (κ3) is 3.74. The summed E-state index contributed by atoms with van der Waals surface area (Å²) in [5.74, 6) is -0.482. The highest BCUT2D eigenvalue weighted by atomic mass is 32.2. The average molecular weight is 428 g/mol. The molecule has 2 aromatic heterocycles. The van der Waals surface area contributed by atoms with Crippen molar-refractivity contribution in [3.8, 4) is 16.5 Å². The van der Waals surface area contributed by atoms with E-state index in [1.165, 1.54) is 42.5 Å². The molecule has 7 nitrogen and oxygen atoms in total. The van der Waals surface area contributed by atoms with Crippen LogP contribution in [0.2, 0.25) is 0 Å². The van der Waals surface area contributed by atoms with Gasteiger partial charge in [0, 0.05) is 0 Å². The van der Waals surface area contributed by atoms with Gasteiger partial charge in [0.05, 0.1) is 26.6 Å². The van der Waals surface area contributed by atoms with Gasteiger partial charge < -0.3 is 14.8 Å². The third-order valence-electron chi connectivity index (χ3n) is 4.29. The highest BCUT2D eigenvalue weighted by molar-refractivity contribution is 7.91. The molecular formula is C20H16N2O5S2. The predicted octanol–water partition coefficient (Wildman–Crippen LogP) is 4.31. The topological polar surface area (TPSA) is 110 Å². The normalized spacial score (nSPS) is 11.6. The Morgan fingerprint density at radius 3 is 2.72 bits per heavy atom.